The third-order valence-electron chi connectivity index (χ3n) is 3.83. The smallest absolute Gasteiger partial charge is 0.195 e. The molecule has 1 rings (SSSR count). The van der Waals surface area contributed by atoms with E-state index in [-0.39, 0.29) is 0 Å². The molecule has 0 heterocycles. The lowest BCUT2D eigenvalue weighted by Crippen LogP contribution is -2.40. The van der Waals surface area contributed by atoms with Crippen LogP contribution in [0.4, 0.5) is 0 Å². The van der Waals surface area contributed by atoms with Gasteiger partial charge in [-0.05, 0) is 17.6 Å². The molecule has 1 aliphatic carbocycles. The molecule has 0 aliphatic heterocycles. The summed E-state index contributed by atoms with van der Waals surface area (Å²) in [5.74, 6) is 0. The number of rotatable bonds is 6. The first-order valence-corrected chi connectivity index (χ1v) is 9.00. The van der Waals surface area contributed by atoms with Crippen molar-refractivity contribution in [1.29, 1.82) is 0 Å². The molecule has 0 aromatic carbocycles. The zero-order chi connectivity index (χ0) is 11.1. The van der Waals surface area contributed by atoms with Gasteiger partial charge < -0.3 is 4.80 Å². The fraction of sp³-hybridized carbons (Fsp3) is 0.846. The van der Waals surface area contributed by atoms with Crippen LogP contribution in [0.1, 0.15) is 51.9 Å². The van der Waals surface area contributed by atoms with E-state index in [1.165, 1.54) is 44.9 Å². The summed E-state index contributed by atoms with van der Waals surface area (Å²) in [7, 11) is -1.99. The van der Waals surface area contributed by atoms with Crippen molar-refractivity contribution in [1.82, 2.24) is 0 Å². The topological polar surface area (TPSA) is 20.2 Å². The van der Waals surface area contributed by atoms with Gasteiger partial charge in [-0.3, -0.25) is 0 Å². The van der Waals surface area contributed by atoms with Gasteiger partial charge in [0, 0.05) is 0 Å². The molecular weight excluding hydrogens is 200 g/mol. The normalized spacial score (nSPS) is 22.3. The fourth-order valence-corrected chi connectivity index (χ4v) is 6.74. The highest BCUT2D eigenvalue weighted by Crippen LogP contribution is 2.40. The molecule has 0 aromatic rings. The van der Waals surface area contributed by atoms with E-state index in [9.17, 15) is 4.80 Å². The summed E-state index contributed by atoms with van der Waals surface area (Å²) in [5, 5.41) is 0. The Bertz CT molecular complexity index is 187. The van der Waals surface area contributed by atoms with Crippen LogP contribution in [-0.2, 0) is 0 Å². The molecule has 88 valence electrons. The van der Waals surface area contributed by atoms with Crippen LogP contribution in [0, 0.1) is 0 Å². The van der Waals surface area contributed by atoms with Crippen molar-refractivity contribution >= 4 is 8.32 Å². The molecule has 0 spiro atoms. The van der Waals surface area contributed by atoms with E-state index >= 15 is 0 Å². The molecule has 1 fully saturated rings. The van der Waals surface area contributed by atoms with Crippen molar-refractivity contribution < 1.29 is 4.80 Å². The Morgan fingerprint density at radius 1 is 1.33 bits per heavy atom. The second-order valence-corrected chi connectivity index (χ2v) is 8.97. The van der Waals surface area contributed by atoms with Crippen LogP contribution in [-0.4, -0.2) is 13.1 Å². The van der Waals surface area contributed by atoms with Gasteiger partial charge >= 0.3 is 0 Å². The van der Waals surface area contributed by atoms with Gasteiger partial charge in [0.25, 0.3) is 0 Å². The van der Waals surface area contributed by atoms with E-state index < -0.39 is 8.32 Å². The van der Waals surface area contributed by atoms with Gasteiger partial charge in [-0.15, -0.1) is 6.58 Å². The Hall–Kier alpha value is -0.0831. The quantitative estimate of drug-likeness (QED) is 0.530. The van der Waals surface area contributed by atoms with E-state index in [0.29, 0.717) is 5.54 Å². The van der Waals surface area contributed by atoms with Gasteiger partial charge in [0.2, 0.25) is 0 Å². The minimum Gasteiger partial charge on any atom is -0.431 e. The lowest BCUT2D eigenvalue weighted by Gasteiger charge is -2.35. The third-order valence-corrected chi connectivity index (χ3v) is 8.14. The largest absolute Gasteiger partial charge is 0.431 e. The van der Waals surface area contributed by atoms with E-state index in [1.54, 1.807) is 0 Å². The maximum absolute atomic E-state index is 10.8. The zero-order valence-corrected chi connectivity index (χ0v) is 11.2. The molecule has 15 heavy (non-hydrogen) atoms. The highest BCUT2D eigenvalue weighted by atomic mass is 28.4. The first kappa shape index (κ1) is 13.0. The Morgan fingerprint density at radius 3 is 2.53 bits per heavy atom. The molecule has 0 radical (unpaired) electrons. The summed E-state index contributed by atoms with van der Waals surface area (Å²) in [6, 6.07) is 2.01. The van der Waals surface area contributed by atoms with Crippen molar-refractivity contribution in [3.63, 3.8) is 0 Å². The molecule has 1 unspecified atom stereocenters. The summed E-state index contributed by atoms with van der Waals surface area (Å²) in [5.41, 5.74) is 0.663. The Labute approximate surface area is 95.7 Å². The predicted octanol–water partition coefficient (Wildman–Crippen LogP) is 4.24. The van der Waals surface area contributed by atoms with Crippen LogP contribution >= 0.6 is 0 Å². The van der Waals surface area contributed by atoms with E-state index in [2.05, 4.69) is 13.5 Å². The van der Waals surface area contributed by atoms with Gasteiger partial charge in [-0.2, -0.15) is 0 Å². The van der Waals surface area contributed by atoms with Gasteiger partial charge in [-0.25, -0.2) is 0 Å². The molecule has 0 amide bonds. The molecule has 1 saturated carbocycles. The first-order valence-electron chi connectivity index (χ1n) is 6.56. The maximum atomic E-state index is 10.8. The monoisotopic (exact) mass is 226 g/mol. The third kappa shape index (κ3) is 3.76. The van der Waals surface area contributed by atoms with Crippen molar-refractivity contribution in [3.8, 4) is 0 Å². The standard InChI is InChI=1S/C13H26OSi/c1-3-5-12-15(14,11-4-2)13-9-7-6-8-10-13/h4,13-14H,2-3,5-12H2,1H3. The van der Waals surface area contributed by atoms with E-state index in [1.807, 2.05) is 6.08 Å². The predicted molar refractivity (Wildman–Crippen MR) is 69.5 cm³/mol. The molecule has 1 N–H and O–H groups in total. The van der Waals surface area contributed by atoms with Crippen molar-refractivity contribution in [3.05, 3.63) is 12.7 Å². The lowest BCUT2D eigenvalue weighted by atomic mass is 10.0. The number of unbranched alkanes of at least 4 members (excludes halogenated alkanes) is 1. The van der Waals surface area contributed by atoms with Gasteiger partial charge in [0.15, 0.2) is 8.32 Å². The minimum absolute atomic E-state index is 0.663. The summed E-state index contributed by atoms with van der Waals surface area (Å²) in [6.07, 6.45) is 11.0. The van der Waals surface area contributed by atoms with E-state index in [0.717, 1.165) is 12.1 Å². The average Bonchev–Trinajstić information content (AvgIpc) is 2.28. The Kier molecular flexibility index (Phi) is 5.62. The highest BCUT2D eigenvalue weighted by molar-refractivity contribution is 6.74. The Balaban J connectivity index is 2.55. The number of allylic oxidation sites excluding steroid dienone is 1. The van der Waals surface area contributed by atoms with Crippen molar-refractivity contribution in [2.24, 2.45) is 0 Å². The SMILES string of the molecule is C=CC[Si](O)(CCCC)C1CCCCC1. The molecule has 0 saturated heterocycles. The van der Waals surface area contributed by atoms with Crippen molar-refractivity contribution in [2.45, 2.75) is 69.5 Å². The Morgan fingerprint density at radius 2 is 2.00 bits per heavy atom. The molecule has 1 nitrogen and oxygen atoms in total. The number of hydrogen-bond acceptors (Lipinski definition) is 1. The van der Waals surface area contributed by atoms with Crippen LogP contribution < -0.4 is 0 Å². The first-order chi connectivity index (χ1) is 7.23. The average molecular weight is 226 g/mol. The van der Waals surface area contributed by atoms with Crippen LogP contribution in [0.25, 0.3) is 0 Å². The molecular formula is C13H26OSi. The summed E-state index contributed by atoms with van der Waals surface area (Å²) >= 11 is 0. The summed E-state index contributed by atoms with van der Waals surface area (Å²) < 4.78 is 0. The van der Waals surface area contributed by atoms with Crippen LogP contribution in [0.15, 0.2) is 12.7 Å². The minimum atomic E-state index is -1.99. The molecule has 1 atom stereocenters. The van der Waals surface area contributed by atoms with Crippen molar-refractivity contribution in [2.75, 3.05) is 0 Å². The van der Waals surface area contributed by atoms with Gasteiger partial charge in [0.1, 0.15) is 0 Å². The van der Waals surface area contributed by atoms with Crippen LogP contribution in [0.3, 0.4) is 0 Å². The molecule has 1 aliphatic rings. The molecule has 0 bridgehead atoms. The van der Waals surface area contributed by atoms with Crippen LogP contribution in [0.2, 0.25) is 17.6 Å². The van der Waals surface area contributed by atoms with Crippen LogP contribution in [0.5, 0.6) is 0 Å². The summed E-state index contributed by atoms with van der Waals surface area (Å²) in [4.78, 5) is 10.8. The fourth-order valence-electron chi connectivity index (χ4n) is 2.85. The highest BCUT2D eigenvalue weighted by Gasteiger charge is 2.38. The van der Waals surface area contributed by atoms with Gasteiger partial charge in [0.05, 0.1) is 0 Å². The van der Waals surface area contributed by atoms with Gasteiger partial charge in [-0.1, -0.05) is 57.9 Å². The van der Waals surface area contributed by atoms with E-state index in [4.69, 9.17) is 0 Å². The molecule has 2 heteroatoms. The molecule has 0 aromatic heterocycles. The maximum Gasteiger partial charge on any atom is 0.195 e. The second kappa shape index (κ2) is 6.49. The second-order valence-electron chi connectivity index (χ2n) is 5.03. The summed E-state index contributed by atoms with van der Waals surface area (Å²) in [6.45, 7) is 6.04. The number of hydrogen-bond donors (Lipinski definition) is 1. The zero-order valence-electron chi connectivity index (χ0n) is 10.2. The lowest BCUT2D eigenvalue weighted by molar-refractivity contribution is 0.423.